The number of rotatable bonds is 1. The molecule has 0 aromatic carbocycles. The van der Waals surface area contributed by atoms with Gasteiger partial charge in [0, 0.05) is 12.6 Å². The van der Waals surface area contributed by atoms with Crippen LogP contribution in [0, 0.1) is 0 Å². The highest BCUT2D eigenvalue weighted by Gasteiger charge is 2.36. The smallest absolute Gasteiger partial charge is 0.317 e. The summed E-state index contributed by atoms with van der Waals surface area (Å²) in [7, 11) is 0. The van der Waals surface area contributed by atoms with Crippen LogP contribution in [-0.2, 0) is 4.74 Å². The number of nitrogens with zero attached hydrogens (tertiary/aromatic N) is 1. The van der Waals surface area contributed by atoms with E-state index in [1.54, 1.807) is 13.8 Å². The fourth-order valence-electron chi connectivity index (χ4n) is 1.31. The van der Waals surface area contributed by atoms with Crippen LogP contribution >= 0.6 is 0 Å². The molecule has 0 aromatic heterocycles. The number of amides is 2. The molecule has 88 valence electrons. The van der Waals surface area contributed by atoms with Crippen molar-refractivity contribution in [3.63, 3.8) is 0 Å². The normalized spacial score (nSPS) is 21.3. The van der Waals surface area contributed by atoms with Gasteiger partial charge in [0.25, 0.3) is 5.92 Å². The predicted molar refractivity (Wildman–Crippen MR) is 51.0 cm³/mol. The summed E-state index contributed by atoms with van der Waals surface area (Å²) in [5, 5.41) is 2.58. The van der Waals surface area contributed by atoms with Crippen molar-refractivity contribution < 1.29 is 18.3 Å². The van der Waals surface area contributed by atoms with Gasteiger partial charge in [0.15, 0.2) is 0 Å². The molecule has 1 heterocycles. The molecule has 0 bridgehead atoms. The number of urea groups is 1. The zero-order chi connectivity index (χ0) is 11.5. The second kappa shape index (κ2) is 4.74. The molecule has 0 saturated carbocycles. The molecule has 1 fully saturated rings. The number of carbonyl (C=O) groups excluding carboxylic acids is 1. The molecule has 1 aliphatic rings. The van der Waals surface area contributed by atoms with Crippen LogP contribution < -0.4 is 5.32 Å². The molecule has 2 amide bonds. The quantitative estimate of drug-likeness (QED) is 0.721. The lowest BCUT2D eigenvalue weighted by atomic mass is 10.3. The van der Waals surface area contributed by atoms with Gasteiger partial charge in [-0.1, -0.05) is 0 Å². The first-order chi connectivity index (χ1) is 6.91. The van der Waals surface area contributed by atoms with Gasteiger partial charge in [-0.15, -0.1) is 0 Å². The highest BCUT2D eigenvalue weighted by Crippen LogP contribution is 2.18. The van der Waals surface area contributed by atoms with Crippen LogP contribution in [0.15, 0.2) is 0 Å². The van der Waals surface area contributed by atoms with Crippen molar-refractivity contribution in [2.75, 3.05) is 26.3 Å². The fourth-order valence-corrected chi connectivity index (χ4v) is 1.31. The monoisotopic (exact) mass is 222 g/mol. The minimum Gasteiger partial charge on any atom is -0.373 e. The van der Waals surface area contributed by atoms with Crippen LogP contribution in [-0.4, -0.2) is 49.2 Å². The van der Waals surface area contributed by atoms with Crippen LogP contribution in [0.3, 0.4) is 0 Å². The van der Waals surface area contributed by atoms with E-state index in [1.807, 2.05) is 0 Å². The van der Waals surface area contributed by atoms with E-state index in [1.165, 1.54) is 0 Å². The maximum absolute atomic E-state index is 13.1. The summed E-state index contributed by atoms with van der Waals surface area (Å²) in [6.45, 7) is 2.73. The van der Waals surface area contributed by atoms with Gasteiger partial charge in [-0.05, 0) is 13.8 Å². The zero-order valence-corrected chi connectivity index (χ0v) is 8.93. The van der Waals surface area contributed by atoms with Gasteiger partial charge in [-0.25, -0.2) is 13.6 Å². The van der Waals surface area contributed by atoms with E-state index in [-0.39, 0.29) is 19.2 Å². The highest BCUT2D eigenvalue weighted by molar-refractivity contribution is 5.74. The molecule has 1 rings (SSSR count). The van der Waals surface area contributed by atoms with Crippen molar-refractivity contribution in [1.29, 1.82) is 0 Å². The average Bonchev–Trinajstić information content (AvgIpc) is 2.25. The first-order valence-electron chi connectivity index (χ1n) is 4.92. The Hall–Kier alpha value is -0.910. The topological polar surface area (TPSA) is 41.6 Å². The Morgan fingerprint density at radius 2 is 2.20 bits per heavy atom. The molecular weight excluding hydrogens is 206 g/mol. The van der Waals surface area contributed by atoms with E-state index in [0.29, 0.717) is 0 Å². The Kier molecular flexibility index (Phi) is 3.84. The Bertz CT molecular complexity index is 234. The SMILES string of the molecule is CC(C)NC(=O)N1CCOCC(F)(F)C1. The predicted octanol–water partition coefficient (Wildman–Crippen LogP) is 1.07. The standard InChI is InChI=1S/C9H16F2N2O2/c1-7(2)12-8(14)13-3-4-15-6-9(10,11)5-13/h7H,3-6H2,1-2H3,(H,12,14). The van der Waals surface area contributed by atoms with Crippen molar-refractivity contribution in [2.24, 2.45) is 0 Å². The minimum absolute atomic E-state index is 0.0599. The maximum Gasteiger partial charge on any atom is 0.317 e. The molecule has 1 saturated heterocycles. The largest absolute Gasteiger partial charge is 0.373 e. The minimum atomic E-state index is -2.95. The molecule has 0 atom stereocenters. The molecule has 0 spiro atoms. The number of carbonyl (C=O) groups is 1. The number of nitrogens with one attached hydrogen (secondary N) is 1. The van der Waals surface area contributed by atoms with Crippen LogP contribution in [0.25, 0.3) is 0 Å². The summed E-state index contributed by atoms with van der Waals surface area (Å²) in [6, 6.07) is -0.523. The van der Waals surface area contributed by atoms with Crippen molar-refractivity contribution in [3.8, 4) is 0 Å². The second-order valence-corrected chi connectivity index (χ2v) is 3.93. The number of hydrogen-bond acceptors (Lipinski definition) is 2. The van der Waals surface area contributed by atoms with Gasteiger partial charge in [0.2, 0.25) is 0 Å². The lowest BCUT2D eigenvalue weighted by Crippen LogP contribution is -2.47. The average molecular weight is 222 g/mol. The van der Waals surface area contributed by atoms with E-state index in [4.69, 9.17) is 4.74 Å². The summed E-state index contributed by atoms with van der Waals surface area (Å²) in [6.07, 6.45) is 0. The summed E-state index contributed by atoms with van der Waals surface area (Å²) >= 11 is 0. The van der Waals surface area contributed by atoms with Gasteiger partial charge >= 0.3 is 6.03 Å². The fraction of sp³-hybridized carbons (Fsp3) is 0.889. The molecule has 6 heteroatoms. The number of ether oxygens (including phenoxy) is 1. The van der Waals surface area contributed by atoms with Crippen LogP contribution in [0.5, 0.6) is 0 Å². The molecule has 1 N–H and O–H groups in total. The van der Waals surface area contributed by atoms with Gasteiger partial charge in [0.1, 0.15) is 6.61 Å². The number of halogens is 2. The lowest BCUT2D eigenvalue weighted by Gasteiger charge is -2.24. The van der Waals surface area contributed by atoms with Crippen LogP contribution in [0.2, 0.25) is 0 Å². The summed E-state index contributed by atoms with van der Waals surface area (Å²) in [4.78, 5) is 12.6. The van der Waals surface area contributed by atoms with Crippen LogP contribution in [0.4, 0.5) is 13.6 Å². The molecule has 0 aromatic rings. The first kappa shape index (κ1) is 12.2. The first-order valence-corrected chi connectivity index (χ1v) is 4.92. The van der Waals surface area contributed by atoms with E-state index >= 15 is 0 Å². The van der Waals surface area contributed by atoms with Crippen molar-refractivity contribution >= 4 is 6.03 Å². The molecule has 1 aliphatic heterocycles. The molecular formula is C9H16F2N2O2. The summed E-state index contributed by atoms with van der Waals surface area (Å²) in [5.74, 6) is -2.95. The van der Waals surface area contributed by atoms with Crippen molar-refractivity contribution in [1.82, 2.24) is 10.2 Å². The third kappa shape index (κ3) is 3.99. The van der Waals surface area contributed by atoms with E-state index in [2.05, 4.69) is 5.32 Å². The van der Waals surface area contributed by atoms with Gasteiger partial charge in [0.05, 0.1) is 13.2 Å². The van der Waals surface area contributed by atoms with Crippen molar-refractivity contribution in [3.05, 3.63) is 0 Å². The second-order valence-electron chi connectivity index (χ2n) is 3.93. The van der Waals surface area contributed by atoms with Gasteiger partial charge in [-0.3, -0.25) is 0 Å². The lowest BCUT2D eigenvalue weighted by molar-refractivity contribution is -0.0652. The van der Waals surface area contributed by atoms with E-state index in [0.717, 1.165) is 4.90 Å². The van der Waals surface area contributed by atoms with Crippen LogP contribution in [0.1, 0.15) is 13.8 Å². The van der Waals surface area contributed by atoms with E-state index in [9.17, 15) is 13.6 Å². The van der Waals surface area contributed by atoms with Gasteiger partial charge < -0.3 is 15.0 Å². The molecule has 0 unspecified atom stereocenters. The molecule has 15 heavy (non-hydrogen) atoms. The molecule has 0 aliphatic carbocycles. The number of alkyl halides is 2. The van der Waals surface area contributed by atoms with Crippen molar-refractivity contribution in [2.45, 2.75) is 25.8 Å². The molecule has 4 nitrogen and oxygen atoms in total. The van der Waals surface area contributed by atoms with E-state index < -0.39 is 25.1 Å². The summed E-state index contributed by atoms with van der Waals surface area (Å²) in [5.41, 5.74) is 0. The Morgan fingerprint density at radius 3 is 2.80 bits per heavy atom. The third-order valence-electron chi connectivity index (χ3n) is 1.94. The highest BCUT2D eigenvalue weighted by atomic mass is 19.3. The Balaban J connectivity index is 2.56. The number of hydrogen-bond donors (Lipinski definition) is 1. The zero-order valence-electron chi connectivity index (χ0n) is 8.93. The molecule has 0 radical (unpaired) electrons. The maximum atomic E-state index is 13.1. The Labute approximate surface area is 87.6 Å². The summed E-state index contributed by atoms with van der Waals surface area (Å²) < 4.78 is 30.9. The Morgan fingerprint density at radius 1 is 1.53 bits per heavy atom. The third-order valence-corrected chi connectivity index (χ3v) is 1.94. The van der Waals surface area contributed by atoms with Gasteiger partial charge in [-0.2, -0.15) is 0 Å².